The number of methoxy groups -OCH3 is 1. The molecular formula is C14H13N5O3. The van der Waals surface area contributed by atoms with Gasteiger partial charge in [0.05, 0.1) is 13.7 Å². The topological polar surface area (TPSA) is 105 Å². The number of fused-ring (bicyclic) bond motifs is 1. The molecule has 3 aromatic rings. The summed E-state index contributed by atoms with van der Waals surface area (Å²) in [5.74, 6) is 0.214. The lowest BCUT2D eigenvalue weighted by Crippen LogP contribution is -2.12. The van der Waals surface area contributed by atoms with Crippen LogP contribution in [0.5, 0.6) is 6.01 Å². The summed E-state index contributed by atoms with van der Waals surface area (Å²) >= 11 is 0. The molecule has 2 N–H and O–H groups in total. The molecule has 0 aliphatic heterocycles. The quantitative estimate of drug-likeness (QED) is 0.732. The van der Waals surface area contributed by atoms with E-state index in [0.717, 1.165) is 5.56 Å². The van der Waals surface area contributed by atoms with Gasteiger partial charge in [-0.25, -0.2) is 14.8 Å². The number of nitrogens with two attached hydrogens (primary N) is 1. The average molecular weight is 299 g/mol. The van der Waals surface area contributed by atoms with E-state index in [4.69, 9.17) is 10.5 Å². The molecule has 8 nitrogen and oxygen atoms in total. The molecule has 0 saturated carbocycles. The molecule has 0 atom stereocenters. The van der Waals surface area contributed by atoms with Crippen LogP contribution in [0.25, 0.3) is 11.2 Å². The number of nitrogens with zero attached hydrogens (tertiary/aromatic N) is 4. The minimum atomic E-state index is -0.865. The van der Waals surface area contributed by atoms with Gasteiger partial charge in [-0.1, -0.05) is 30.3 Å². The van der Waals surface area contributed by atoms with Gasteiger partial charge in [-0.2, -0.15) is 4.98 Å². The van der Waals surface area contributed by atoms with E-state index in [1.54, 1.807) is 4.57 Å². The SMILES string of the molecule is COC(=O)Oc1nc2c(N)ncnc2n1Cc1ccccc1. The van der Waals surface area contributed by atoms with Crippen molar-refractivity contribution in [2.45, 2.75) is 6.54 Å². The fraction of sp³-hybridized carbons (Fsp3) is 0.143. The third kappa shape index (κ3) is 2.53. The van der Waals surface area contributed by atoms with Gasteiger partial charge >= 0.3 is 12.2 Å². The molecular weight excluding hydrogens is 286 g/mol. The van der Waals surface area contributed by atoms with Crippen molar-refractivity contribution < 1.29 is 14.3 Å². The first kappa shape index (κ1) is 13.8. The molecule has 0 fully saturated rings. The van der Waals surface area contributed by atoms with E-state index in [2.05, 4.69) is 19.7 Å². The van der Waals surface area contributed by atoms with Crippen LogP contribution in [-0.2, 0) is 11.3 Å². The second-order valence-corrected chi connectivity index (χ2v) is 4.45. The molecule has 2 heterocycles. The second kappa shape index (κ2) is 5.68. The molecule has 3 rings (SSSR count). The van der Waals surface area contributed by atoms with Crippen molar-refractivity contribution in [2.75, 3.05) is 12.8 Å². The van der Waals surface area contributed by atoms with E-state index in [1.807, 2.05) is 30.3 Å². The largest absolute Gasteiger partial charge is 0.516 e. The molecule has 0 saturated heterocycles. The summed E-state index contributed by atoms with van der Waals surface area (Å²) < 4.78 is 11.2. The second-order valence-electron chi connectivity index (χ2n) is 4.45. The van der Waals surface area contributed by atoms with Crippen LogP contribution in [0.2, 0.25) is 0 Å². The molecule has 0 amide bonds. The van der Waals surface area contributed by atoms with Gasteiger partial charge in [0.25, 0.3) is 0 Å². The summed E-state index contributed by atoms with van der Waals surface area (Å²) in [5.41, 5.74) is 7.64. The van der Waals surface area contributed by atoms with Gasteiger partial charge in [-0.15, -0.1) is 0 Å². The van der Waals surface area contributed by atoms with Crippen LogP contribution in [0.15, 0.2) is 36.7 Å². The fourth-order valence-electron chi connectivity index (χ4n) is 2.04. The minimum Gasteiger partial charge on any atom is -0.437 e. The molecule has 8 heteroatoms. The number of carbonyl (C=O) groups is 1. The van der Waals surface area contributed by atoms with Gasteiger partial charge < -0.3 is 15.2 Å². The highest BCUT2D eigenvalue weighted by Crippen LogP contribution is 2.24. The van der Waals surface area contributed by atoms with Crippen LogP contribution < -0.4 is 10.5 Å². The number of benzene rings is 1. The van der Waals surface area contributed by atoms with Crippen molar-refractivity contribution in [3.63, 3.8) is 0 Å². The number of hydrogen-bond acceptors (Lipinski definition) is 7. The van der Waals surface area contributed by atoms with Gasteiger partial charge in [0.2, 0.25) is 0 Å². The van der Waals surface area contributed by atoms with Crippen molar-refractivity contribution >= 4 is 23.1 Å². The Morgan fingerprint density at radius 2 is 2.05 bits per heavy atom. The third-order valence-electron chi connectivity index (χ3n) is 3.05. The maximum absolute atomic E-state index is 11.4. The summed E-state index contributed by atoms with van der Waals surface area (Å²) in [5, 5.41) is 0. The molecule has 2 aromatic heterocycles. The van der Waals surface area contributed by atoms with E-state index in [-0.39, 0.29) is 11.8 Å². The number of anilines is 1. The number of hydrogen-bond donors (Lipinski definition) is 1. The lowest BCUT2D eigenvalue weighted by Gasteiger charge is -2.07. The number of ether oxygens (including phenoxy) is 2. The summed E-state index contributed by atoms with van der Waals surface area (Å²) in [6.45, 7) is 0.417. The molecule has 0 spiro atoms. The standard InChI is InChI=1S/C14H13N5O3/c1-21-14(20)22-13-18-10-11(15)16-8-17-12(10)19(13)7-9-5-3-2-4-6-9/h2-6,8H,7H2,1H3,(H2,15,16,17). The maximum Gasteiger partial charge on any atom is 0.516 e. The number of aromatic nitrogens is 4. The fourth-order valence-corrected chi connectivity index (χ4v) is 2.04. The van der Waals surface area contributed by atoms with Gasteiger partial charge in [0.1, 0.15) is 6.33 Å². The van der Waals surface area contributed by atoms with Crippen LogP contribution in [-0.4, -0.2) is 32.8 Å². The normalized spacial score (nSPS) is 10.6. The van der Waals surface area contributed by atoms with Gasteiger partial charge in [-0.05, 0) is 5.56 Å². The Kier molecular flexibility index (Phi) is 3.57. The Labute approximate surface area is 125 Å². The van der Waals surface area contributed by atoms with E-state index in [9.17, 15) is 4.79 Å². The Morgan fingerprint density at radius 3 is 2.77 bits per heavy atom. The van der Waals surface area contributed by atoms with Crippen LogP contribution in [0, 0.1) is 0 Å². The Bertz CT molecular complexity index is 816. The monoisotopic (exact) mass is 299 g/mol. The summed E-state index contributed by atoms with van der Waals surface area (Å²) in [4.78, 5) is 23.6. The first-order chi connectivity index (χ1) is 10.7. The highest BCUT2D eigenvalue weighted by atomic mass is 16.7. The smallest absolute Gasteiger partial charge is 0.437 e. The molecule has 0 bridgehead atoms. The number of carbonyl (C=O) groups excluding carboxylic acids is 1. The number of rotatable bonds is 3. The predicted molar refractivity (Wildman–Crippen MR) is 78.3 cm³/mol. The van der Waals surface area contributed by atoms with Crippen molar-refractivity contribution in [1.82, 2.24) is 19.5 Å². The lowest BCUT2D eigenvalue weighted by molar-refractivity contribution is 0.116. The zero-order chi connectivity index (χ0) is 15.5. The molecule has 1 aromatic carbocycles. The Balaban J connectivity index is 2.10. The molecule has 0 aliphatic carbocycles. The van der Waals surface area contributed by atoms with Crippen molar-refractivity contribution in [3.05, 3.63) is 42.2 Å². The highest BCUT2D eigenvalue weighted by Gasteiger charge is 2.19. The first-order valence-corrected chi connectivity index (χ1v) is 6.45. The molecule has 0 aliphatic rings. The molecule has 0 unspecified atom stereocenters. The zero-order valence-electron chi connectivity index (χ0n) is 11.8. The van der Waals surface area contributed by atoms with Crippen molar-refractivity contribution in [1.29, 1.82) is 0 Å². The van der Waals surface area contributed by atoms with Gasteiger partial charge in [0, 0.05) is 0 Å². The molecule has 22 heavy (non-hydrogen) atoms. The van der Waals surface area contributed by atoms with Crippen molar-refractivity contribution in [2.24, 2.45) is 0 Å². The Hall–Kier alpha value is -3.16. The van der Waals surface area contributed by atoms with Crippen molar-refractivity contribution in [3.8, 4) is 6.01 Å². The predicted octanol–water partition coefficient (Wildman–Crippen LogP) is 1.60. The Morgan fingerprint density at radius 1 is 1.27 bits per heavy atom. The lowest BCUT2D eigenvalue weighted by atomic mass is 10.2. The number of imidazole rings is 1. The third-order valence-corrected chi connectivity index (χ3v) is 3.05. The molecule has 0 radical (unpaired) electrons. The summed E-state index contributed by atoms with van der Waals surface area (Å²) in [6, 6.07) is 9.69. The zero-order valence-corrected chi connectivity index (χ0v) is 11.8. The van der Waals surface area contributed by atoms with Gasteiger partial charge in [0.15, 0.2) is 17.0 Å². The van der Waals surface area contributed by atoms with Crippen LogP contribution in [0.1, 0.15) is 5.56 Å². The highest BCUT2D eigenvalue weighted by molar-refractivity contribution is 5.83. The maximum atomic E-state index is 11.4. The van der Waals surface area contributed by atoms with Crippen LogP contribution in [0.4, 0.5) is 10.6 Å². The van der Waals surface area contributed by atoms with Gasteiger partial charge in [-0.3, -0.25) is 4.57 Å². The van der Waals surface area contributed by atoms with E-state index < -0.39 is 6.16 Å². The summed E-state index contributed by atoms with van der Waals surface area (Å²) in [7, 11) is 1.22. The minimum absolute atomic E-state index is 0.0536. The van der Waals surface area contributed by atoms with Crippen LogP contribution in [0.3, 0.4) is 0 Å². The summed E-state index contributed by atoms with van der Waals surface area (Å²) in [6.07, 6.45) is 0.471. The average Bonchev–Trinajstić information content (AvgIpc) is 2.87. The first-order valence-electron chi connectivity index (χ1n) is 6.45. The molecule has 112 valence electrons. The number of nitrogen functional groups attached to an aromatic ring is 1. The van der Waals surface area contributed by atoms with E-state index >= 15 is 0 Å². The van der Waals surface area contributed by atoms with E-state index in [1.165, 1.54) is 13.4 Å². The van der Waals surface area contributed by atoms with Crippen LogP contribution >= 0.6 is 0 Å². The van der Waals surface area contributed by atoms with E-state index in [0.29, 0.717) is 17.7 Å².